The Morgan fingerprint density at radius 1 is 1.10 bits per heavy atom. The average molecular weight is 422 g/mol. The van der Waals surface area contributed by atoms with E-state index in [1.165, 1.54) is 29.3 Å². The number of nitrogens with zero attached hydrogens (tertiary/aromatic N) is 5. The van der Waals surface area contributed by atoms with E-state index in [9.17, 15) is 9.18 Å². The van der Waals surface area contributed by atoms with Crippen LogP contribution in [0.2, 0.25) is 5.02 Å². The van der Waals surface area contributed by atoms with Gasteiger partial charge in [0.1, 0.15) is 11.6 Å². The predicted octanol–water partition coefficient (Wildman–Crippen LogP) is 4.23. The number of Topliss-reactive ketones (excluding diaryl/α,β-unsaturated/α-hetero) is 1. The Morgan fingerprint density at radius 3 is 2.63 bits per heavy atom. The molecule has 6 nitrogen and oxygen atoms in total. The molecule has 3 aromatic heterocycles. The summed E-state index contributed by atoms with van der Waals surface area (Å²) in [6.45, 7) is 0. The van der Waals surface area contributed by atoms with E-state index in [2.05, 4.69) is 20.2 Å². The number of benzene rings is 1. The van der Waals surface area contributed by atoms with Crippen LogP contribution in [0, 0.1) is 5.82 Å². The number of hydrogen-bond donors (Lipinski definition) is 0. The maximum absolute atomic E-state index is 13.8. The van der Waals surface area contributed by atoms with Crippen molar-refractivity contribution in [2.24, 2.45) is 0 Å². The van der Waals surface area contributed by atoms with Gasteiger partial charge in [-0.25, -0.2) is 9.37 Å². The topological polar surface area (TPSA) is 73.6 Å². The molecule has 1 fully saturated rings. The molecule has 1 aliphatic rings. The van der Waals surface area contributed by atoms with E-state index in [1.807, 2.05) is 0 Å². The summed E-state index contributed by atoms with van der Waals surface area (Å²) < 4.78 is 13.8. The molecular weight excluding hydrogens is 405 g/mol. The lowest BCUT2D eigenvalue weighted by Gasteiger charge is -2.12. The van der Waals surface area contributed by atoms with Crippen molar-refractivity contribution in [3.8, 4) is 5.82 Å². The third-order valence-electron chi connectivity index (χ3n) is 5.22. The molecule has 0 spiro atoms. The van der Waals surface area contributed by atoms with Crippen molar-refractivity contribution in [1.82, 2.24) is 25.0 Å². The maximum Gasteiger partial charge on any atom is 0.193 e. The summed E-state index contributed by atoms with van der Waals surface area (Å²) in [6, 6.07) is 6.33. The van der Waals surface area contributed by atoms with Crippen LogP contribution in [0.5, 0.6) is 0 Å². The minimum absolute atomic E-state index is 0.0253. The van der Waals surface area contributed by atoms with Gasteiger partial charge in [-0.2, -0.15) is 10.2 Å². The van der Waals surface area contributed by atoms with E-state index < -0.39 is 0 Å². The fourth-order valence-electron chi connectivity index (χ4n) is 3.76. The molecule has 30 heavy (non-hydrogen) atoms. The molecule has 0 amide bonds. The number of carbonyl (C=O) groups is 1. The zero-order chi connectivity index (χ0) is 20.7. The molecule has 0 saturated heterocycles. The molecular formula is C22H17ClFN5O. The number of halogens is 2. The van der Waals surface area contributed by atoms with Gasteiger partial charge in [-0.05, 0) is 59.7 Å². The fraction of sp³-hybridized carbons (Fsp3) is 0.227. The van der Waals surface area contributed by atoms with Crippen LogP contribution in [0.25, 0.3) is 16.7 Å². The zero-order valence-electron chi connectivity index (χ0n) is 15.9. The summed E-state index contributed by atoms with van der Waals surface area (Å²) in [5.74, 6) is 0.520. The van der Waals surface area contributed by atoms with Gasteiger partial charge in [-0.15, -0.1) is 4.80 Å². The van der Waals surface area contributed by atoms with Gasteiger partial charge in [-0.3, -0.25) is 9.78 Å². The first kappa shape index (κ1) is 18.8. The van der Waals surface area contributed by atoms with E-state index in [-0.39, 0.29) is 24.4 Å². The minimum atomic E-state index is -0.290. The van der Waals surface area contributed by atoms with E-state index in [0.29, 0.717) is 22.3 Å². The second-order valence-electron chi connectivity index (χ2n) is 7.49. The van der Waals surface area contributed by atoms with Crippen molar-refractivity contribution < 1.29 is 9.18 Å². The highest BCUT2D eigenvalue weighted by atomic mass is 35.5. The van der Waals surface area contributed by atoms with Crippen molar-refractivity contribution in [2.45, 2.75) is 31.6 Å². The number of hydrogen-bond acceptors (Lipinski definition) is 5. The molecule has 4 aromatic rings. The standard InChI is InChI=1S/C22H17ClFN5O/c23-19-8-13(11-26-22(19)29-27-5-6-28-29)7-17(30)9-15-12-25-20-4-3-16(24)10-18(20)21(15)14-1-2-14/h3-6,8,10-12,14H,1-2,7,9H2. The van der Waals surface area contributed by atoms with Crippen molar-refractivity contribution >= 4 is 28.3 Å². The Kier molecular flexibility index (Phi) is 4.75. The molecule has 0 atom stereocenters. The van der Waals surface area contributed by atoms with Gasteiger partial charge in [0.2, 0.25) is 0 Å². The summed E-state index contributed by atoms with van der Waals surface area (Å²) in [4.78, 5) is 22.9. The quantitative estimate of drug-likeness (QED) is 0.465. The molecule has 0 radical (unpaired) electrons. The number of pyridine rings is 2. The molecule has 0 unspecified atom stereocenters. The largest absolute Gasteiger partial charge is 0.299 e. The fourth-order valence-corrected chi connectivity index (χ4v) is 4.03. The van der Waals surface area contributed by atoms with E-state index >= 15 is 0 Å². The molecule has 0 bridgehead atoms. The van der Waals surface area contributed by atoms with E-state index in [1.54, 1.807) is 24.5 Å². The third-order valence-corrected chi connectivity index (χ3v) is 5.49. The first-order valence-electron chi connectivity index (χ1n) is 9.68. The number of fused-ring (bicyclic) bond motifs is 1. The molecule has 0 aliphatic heterocycles. The van der Waals surface area contributed by atoms with Crippen LogP contribution in [0.3, 0.4) is 0 Å². The lowest BCUT2D eigenvalue weighted by Crippen LogP contribution is -2.10. The molecule has 1 aliphatic carbocycles. The Labute approximate surface area is 176 Å². The summed E-state index contributed by atoms with van der Waals surface area (Å²) in [5.41, 5.74) is 3.41. The van der Waals surface area contributed by atoms with Crippen molar-refractivity contribution in [3.63, 3.8) is 0 Å². The van der Waals surface area contributed by atoms with Crippen LogP contribution >= 0.6 is 11.6 Å². The smallest absolute Gasteiger partial charge is 0.193 e. The summed E-state index contributed by atoms with van der Waals surface area (Å²) in [7, 11) is 0. The van der Waals surface area contributed by atoms with Crippen molar-refractivity contribution in [2.75, 3.05) is 0 Å². The monoisotopic (exact) mass is 421 g/mol. The normalized spacial score (nSPS) is 13.7. The highest BCUT2D eigenvalue weighted by Gasteiger charge is 2.29. The lowest BCUT2D eigenvalue weighted by molar-refractivity contribution is -0.117. The van der Waals surface area contributed by atoms with Gasteiger partial charge < -0.3 is 0 Å². The predicted molar refractivity (Wildman–Crippen MR) is 110 cm³/mol. The van der Waals surface area contributed by atoms with Gasteiger partial charge in [0.15, 0.2) is 5.82 Å². The minimum Gasteiger partial charge on any atom is -0.299 e. The van der Waals surface area contributed by atoms with Crippen LogP contribution < -0.4 is 0 Å². The highest BCUT2D eigenvalue weighted by Crippen LogP contribution is 2.44. The molecule has 8 heteroatoms. The molecule has 5 rings (SSSR count). The molecule has 0 N–H and O–H groups in total. The Balaban J connectivity index is 1.39. The Bertz CT molecular complexity index is 1250. The van der Waals surface area contributed by atoms with Crippen LogP contribution in [-0.4, -0.2) is 30.7 Å². The van der Waals surface area contributed by atoms with E-state index in [0.717, 1.165) is 34.9 Å². The van der Waals surface area contributed by atoms with Gasteiger partial charge in [0, 0.05) is 30.6 Å². The second kappa shape index (κ2) is 7.57. The average Bonchev–Trinajstić information content (AvgIpc) is 3.40. The van der Waals surface area contributed by atoms with Crippen LogP contribution in [0.15, 0.2) is 49.1 Å². The Hall–Kier alpha value is -3.19. The van der Waals surface area contributed by atoms with E-state index in [4.69, 9.17) is 11.6 Å². The van der Waals surface area contributed by atoms with Crippen molar-refractivity contribution in [1.29, 1.82) is 0 Å². The first-order chi connectivity index (χ1) is 14.6. The van der Waals surface area contributed by atoms with Gasteiger partial charge in [0.05, 0.1) is 22.9 Å². The van der Waals surface area contributed by atoms with Gasteiger partial charge in [0.25, 0.3) is 0 Å². The molecule has 150 valence electrons. The number of ketones is 1. The SMILES string of the molecule is O=C(Cc1cnc(-n2nccn2)c(Cl)c1)Cc1cnc2ccc(F)cc2c1C1CC1. The molecule has 1 aromatic carbocycles. The number of rotatable bonds is 6. The number of aromatic nitrogens is 5. The van der Waals surface area contributed by atoms with Crippen LogP contribution in [-0.2, 0) is 17.6 Å². The van der Waals surface area contributed by atoms with Gasteiger partial charge in [-0.1, -0.05) is 11.6 Å². The number of carbonyl (C=O) groups excluding carboxylic acids is 1. The van der Waals surface area contributed by atoms with Crippen LogP contribution in [0.4, 0.5) is 4.39 Å². The summed E-state index contributed by atoms with van der Waals surface area (Å²) in [6.07, 6.45) is 8.99. The highest BCUT2D eigenvalue weighted by molar-refractivity contribution is 6.32. The first-order valence-corrected chi connectivity index (χ1v) is 10.1. The molecule has 3 heterocycles. The van der Waals surface area contributed by atoms with Crippen LogP contribution in [0.1, 0.15) is 35.4 Å². The lowest BCUT2D eigenvalue weighted by atomic mass is 9.95. The maximum atomic E-state index is 13.8. The summed E-state index contributed by atoms with van der Waals surface area (Å²) >= 11 is 6.30. The van der Waals surface area contributed by atoms with Gasteiger partial charge >= 0.3 is 0 Å². The molecule has 1 saturated carbocycles. The Morgan fingerprint density at radius 2 is 1.90 bits per heavy atom. The zero-order valence-corrected chi connectivity index (χ0v) is 16.7. The van der Waals surface area contributed by atoms with Crippen molar-refractivity contribution in [3.05, 3.63) is 76.6 Å². The second-order valence-corrected chi connectivity index (χ2v) is 7.90. The third kappa shape index (κ3) is 3.68. The summed E-state index contributed by atoms with van der Waals surface area (Å²) in [5, 5.41) is 9.21.